The molecule has 0 saturated heterocycles. The largest absolute Gasteiger partial charge is 0.366 e. The molecule has 3 rings (SSSR count). The summed E-state index contributed by atoms with van der Waals surface area (Å²) in [5.41, 5.74) is 4.91. The van der Waals surface area contributed by atoms with Crippen LogP contribution in [-0.2, 0) is 20.0 Å². The van der Waals surface area contributed by atoms with Crippen molar-refractivity contribution in [1.82, 2.24) is 19.7 Å². The van der Waals surface area contributed by atoms with Gasteiger partial charge in [0.1, 0.15) is 17.5 Å². The fourth-order valence-corrected chi connectivity index (χ4v) is 2.37. The van der Waals surface area contributed by atoms with Gasteiger partial charge < -0.3 is 10.7 Å². The Morgan fingerprint density at radius 3 is 2.76 bits per heavy atom. The summed E-state index contributed by atoms with van der Waals surface area (Å²) in [7, 11) is 1.94. The monoisotopic (exact) mass is 287 g/mol. The highest BCUT2D eigenvalue weighted by molar-refractivity contribution is 5.48. The second-order valence-electron chi connectivity index (χ2n) is 5.40. The third-order valence-corrected chi connectivity index (χ3v) is 3.62. The van der Waals surface area contributed by atoms with Gasteiger partial charge in [-0.05, 0) is 19.3 Å². The van der Waals surface area contributed by atoms with Crippen LogP contribution in [-0.4, -0.2) is 19.7 Å². The summed E-state index contributed by atoms with van der Waals surface area (Å²) in [5, 5.41) is 7.79. The highest BCUT2D eigenvalue weighted by atomic mass is 15.3. The molecule has 2 aromatic rings. The van der Waals surface area contributed by atoms with E-state index in [1.165, 1.54) is 5.56 Å². The topological polar surface area (TPSA) is 93.7 Å². The molecule has 0 spiro atoms. The first kappa shape index (κ1) is 13.8. The fourth-order valence-electron chi connectivity index (χ4n) is 2.37. The van der Waals surface area contributed by atoms with E-state index in [0.717, 1.165) is 36.6 Å². The van der Waals surface area contributed by atoms with Crippen LogP contribution in [0.5, 0.6) is 0 Å². The molecule has 0 bridgehead atoms. The van der Waals surface area contributed by atoms with Crippen LogP contribution >= 0.6 is 0 Å². The average Bonchev–Trinajstić information content (AvgIpc) is 3.28. The minimum absolute atomic E-state index is 0.489. The molecule has 1 fully saturated rings. The zero-order chi connectivity index (χ0) is 14.8. The van der Waals surface area contributed by atoms with Crippen molar-refractivity contribution in [3.8, 4) is 0 Å². The molecule has 2 heterocycles. The Bertz CT molecular complexity index is 630. The molecular formula is C14H21N7. The molecule has 1 saturated carbocycles. The number of hydrogen-bond acceptors (Lipinski definition) is 6. The molecule has 2 aromatic heterocycles. The van der Waals surface area contributed by atoms with Gasteiger partial charge in [0, 0.05) is 37.3 Å². The molecule has 21 heavy (non-hydrogen) atoms. The Hall–Kier alpha value is -2.15. The van der Waals surface area contributed by atoms with Gasteiger partial charge in [-0.2, -0.15) is 5.10 Å². The first-order valence-corrected chi connectivity index (χ1v) is 7.30. The van der Waals surface area contributed by atoms with Crippen LogP contribution in [0, 0.1) is 0 Å². The van der Waals surface area contributed by atoms with Gasteiger partial charge in [0.2, 0.25) is 0 Å². The van der Waals surface area contributed by atoms with E-state index in [0.29, 0.717) is 18.3 Å². The van der Waals surface area contributed by atoms with Gasteiger partial charge in [-0.15, -0.1) is 0 Å². The Morgan fingerprint density at radius 2 is 2.10 bits per heavy atom. The van der Waals surface area contributed by atoms with Crippen molar-refractivity contribution in [3.63, 3.8) is 0 Å². The maximum atomic E-state index is 5.48. The number of rotatable bonds is 6. The van der Waals surface area contributed by atoms with Crippen LogP contribution in [0.25, 0.3) is 0 Å². The smallest absolute Gasteiger partial charge is 0.145 e. The lowest BCUT2D eigenvalue weighted by Gasteiger charge is -2.09. The van der Waals surface area contributed by atoms with E-state index in [9.17, 15) is 0 Å². The first-order chi connectivity index (χ1) is 10.2. The summed E-state index contributed by atoms with van der Waals surface area (Å²) in [5.74, 6) is 8.29. The van der Waals surface area contributed by atoms with Gasteiger partial charge in [0.05, 0.1) is 5.69 Å². The molecule has 0 radical (unpaired) electrons. The molecule has 0 amide bonds. The minimum Gasteiger partial charge on any atom is -0.366 e. The minimum atomic E-state index is 0.489. The van der Waals surface area contributed by atoms with E-state index in [-0.39, 0.29) is 0 Å². The number of anilines is 2. The van der Waals surface area contributed by atoms with Crippen LogP contribution in [0.2, 0.25) is 0 Å². The molecule has 7 heteroatoms. The lowest BCUT2D eigenvalue weighted by atomic mass is 10.2. The van der Waals surface area contributed by atoms with Crippen molar-refractivity contribution < 1.29 is 0 Å². The first-order valence-electron chi connectivity index (χ1n) is 7.30. The Balaban J connectivity index is 1.76. The fraction of sp³-hybridized carbons (Fsp3) is 0.500. The second-order valence-corrected chi connectivity index (χ2v) is 5.40. The number of nitrogens with zero attached hydrogens (tertiary/aromatic N) is 4. The molecule has 4 N–H and O–H groups in total. The number of aromatic nitrogens is 4. The molecule has 1 aliphatic rings. The Morgan fingerprint density at radius 1 is 1.33 bits per heavy atom. The van der Waals surface area contributed by atoms with Crippen LogP contribution in [0.1, 0.15) is 42.8 Å². The molecule has 112 valence electrons. The van der Waals surface area contributed by atoms with E-state index in [1.807, 2.05) is 24.0 Å². The van der Waals surface area contributed by atoms with E-state index in [4.69, 9.17) is 5.84 Å². The predicted octanol–water partition coefficient (Wildman–Crippen LogP) is 1.55. The zero-order valence-corrected chi connectivity index (χ0v) is 12.4. The number of nitrogens with one attached hydrogen (secondary N) is 2. The number of hydrazine groups is 1. The summed E-state index contributed by atoms with van der Waals surface area (Å²) in [4.78, 5) is 8.98. The van der Waals surface area contributed by atoms with Gasteiger partial charge in [0.15, 0.2) is 0 Å². The molecule has 0 aromatic carbocycles. The summed E-state index contributed by atoms with van der Waals surface area (Å²) in [6, 6.07) is 1.83. The van der Waals surface area contributed by atoms with Crippen LogP contribution in [0.3, 0.4) is 0 Å². The average molecular weight is 287 g/mol. The third kappa shape index (κ3) is 3.13. The van der Waals surface area contributed by atoms with E-state index < -0.39 is 0 Å². The van der Waals surface area contributed by atoms with Gasteiger partial charge in [0.25, 0.3) is 0 Å². The van der Waals surface area contributed by atoms with Crippen LogP contribution in [0.15, 0.2) is 12.3 Å². The SMILES string of the molecule is CCc1nn(C)cc1CNc1cc(NN)nc(C2CC2)n1. The number of nitrogens with two attached hydrogens (primary N) is 1. The summed E-state index contributed by atoms with van der Waals surface area (Å²) in [6.07, 6.45) is 5.29. The van der Waals surface area contributed by atoms with Crippen molar-refractivity contribution in [2.75, 3.05) is 10.7 Å². The van der Waals surface area contributed by atoms with Crippen LogP contribution < -0.4 is 16.6 Å². The van der Waals surface area contributed by atoms with E-state index >= 15 is 0 Å². The van der Waals surface area contributed by atoms with Crippen molar-refractivity contribution >= 4 is 11.6 Å². The molecule has 7 nitrogen and oxygen atoms in total. The van der Waals surface area contributed by atoms with Crippen molar-refractivity contribution in [2.45, 2.75) is 38.6 Å². The number of hydrogen-bond donors (Lipinski definition) is 3. The van der Waals surface area contributed by atoms with E-state index in [2.05, 4.69) is 32.7 Å². The van der Waals surface area contributed by atoms with Gasteiger partial charge >= 0.3 is 0 Å². The normalized spacial score (nSPS) is 14.2. The lowest BCUT2D eigenvalue weighted by Crippen LogP contribution is -2.12. The molecule has 1 aliphatic carbocycles. The van der Waals surface area contributed by atoms with Crippen LogP contribution in [0.4, 0.5) is 11.6 Å². The number of nitrogen functional groups attached to an aromatic ring is 1. The van der Waals surface area contributed by atoms with E-state index in [1.54, 1.807) is 0 Å². The van der Waals surface area contributed by atoms with Crippen molar-refractivity contribution in [1.29, 1.82) is 0 Å². The summed E-state index contributed by atoms with van der Waals surface area (Å²) >= 11 is 0. The van der Waals surface area contributed by atoms with Crippen molar-refractivity contribution in [3.05, 3.63) is 29.3 Å². The van der Waals surface area contributed by atoms with Gasteiger partial charge in [-0.1, -0.05) is 6.92 Å². The highest BCUT2D eigenvalue weighted by Crippen LogP contribution is 2.38. The quantitative estimate of drug-likeness (QED) is 0.551. The van der Waals surface area contributed by atoms with Gasteiger partial charge in [-0.25, -0.2) is 15.8 Å². The number of aryl methyl sites for hydroxylation is 2. The molecule has 0 atom stereocenters. The standard InChI is InChI=1S/C14H21N7/c1-3-11-10(8-21(2)20-11)7-16-12-6-13(19-15)18-14(17-12)9-4-5-9/h6,8-9H,3-5,7,15H2,1-2H3,(H2,16,17,18,19). The highest BCUT2D eigenvalue weighted by Gasteiger charge is 2.27. The Kier molecular flexibility index (Phi) is 3.74. The summed E-state index contributed by atoms with van der Waals surface area (Å²) in [6.45, 7) is 2.81. The Labute approximate surface area is 123 Å². The maximum absolute atomic E-state index is 5.48. The molecule has 0 unspecified atom stereocenters. The lowest BCUT2D eigenvalue weighted by molar-refractivity contribution is 0.746. The summed E-state index contributed by atoms with van der Waals surface area (Å²) < 4.78 is 1.85. The van der Waals surface area contributed by atoms with Crippen molar-refractivity contribution in [2.24, 2.45) is 12.9 Å². The maximum Gasteiger partial charge on any atom is 0.145 e. The van der Waals surface area contributed by atoms with Gasteiger partial charge in [-0.3, -0.25) is 4.68 Å². The molecular weight excluding hydrogens is 266 g/mol. The second kappa shape index (κ2) is 5.69. The molecule has 0 aliphatic heterocycles. The third-order valence-electron chi connectivity index (χ3n) is 3.62. The zero-order valence-electron chi connectivity index (χ0n) is 12.4. The predicted molar refractivity (Wildman–Crippen MR) is 81.7 cm³/mol.